The monoisotopic (exact) mass is 559 g/mol. The normalized spacial score (nSPS) is 13.2. The largest absolute Gasteiger partial charge is 0.467 e. The summed E-state index contributed by atoms with van der Waals surface area (Å²) in [7, 11) is 1.11. The maximum atomic E-state index is 13.7. The first-order valence-electron chi connectivity index (χ1n) is 12.4. The van der Waals surface area contributed by atoms with Crippen molar-refractivity contribution in [2.75, 3.05) is 13.7 Å². The van der Waals surface area contributed by atoms with Crippen LogP contribution < -0.4 is 5.32 Å². The van der Waals surface area contributed by atoms with Gasteiger partial charge in [-0.1, -0.05) is 30.3 Å². The van der Waals surface area contributed by atoms with Gasteiger partial charge in [-0.2, -0.15) is 0 Å². The number of methoxy groups -OCH3 is 1. The molecule has 1 amide bonds. The number of carbonyl (C=O) groups is 4. The predicted octanol–water partition coefficient (Wildman–Crippen LogP) is 3.38. The quantitative estimate of drug-likeness (QED) is 0.133. The Morgan fingerprint density at radius 3 is 2.20 bits per heavy atom. The predicted molar refractivity (Wildman–Crippen MR) is 140 cm³/mol. The van der Waals surface area contributed by atoms with Crippen LogP contribution in [0.4, 0.5) is 10.5 Å². The number of nitrogens with zero attached hydrogens (tertiary/aromatic N) is 2. The van der Waals surface area contributed by atoms with Crippen LogP contribution in [0.1, 0.15) is 51.8 Å². The Balaban J connectivity index is 2.53. The third kappa shape index (κ3) is 8.48. The van der Waals surface area contributed by atoms with Crippen molar-refractivity contribution in [3.05, 3.63) is 70.0 Å². The van der Waals surface area contributed by atoms with E-state index in [-0.39, 0.29) is 31.0 Å². The number of hydrogen-bond donors (Lipinski definition) is 1. The second-order valence-electron chi connectivity index (χ2n) is 9.61. The number of pyridine rings is 1. The summed E-state index contributed by atoms with van der Waals surface area (Å²) in [6.45, 7) is 6.11. The van der Waals surface area contributed by atoms with Crippen LogP contribution in [0, 0.1) is 10.1 Å². The lowest BCUT2D eigenvalue weighted by Gasteiger charge is -2.30. The van der Waals surface area contributed by atoms with E-state index in [0.717, 1.165) is 25.4 Å². The highest BCUT2D eigenvalue weighted by atomic mass is 16.6. The molecule has 0 aliphatic carbocycles. The van der Waals surface area contributed by atoms with E-state index in [1.807, 2.05) is 0 Å². The number of amides is 1. The molecule has 1 aromatic heterocycles. The van der Waals surface area contributed by atoms with Gasteiger partial charge in [0.2, 0.25) is 5.41 Å². The van der Waals surface area contributed by atoms with E-state index in [1.165, 1.54) is 6.92 Å². The molecule has 0 radical (unpaired) electrons. The highest BCUT2D eigenvalue weighted by molar-refractivity contribution is 6.06. The van der Waals surface area contributed by atoms with Gasteiger partial charge in [-0.3, -0.25) is 24.7 Å². The van der Waals surface area contributed by atoms with Crippen molar-refractivity contribution < 1.29 is 43.0 Å². The van der Waals surface area contributed by atoms with Crippen molar-refractivity contribution in [2.24, 2.45) is 0 Å². The van der Waals surface area contributed by atoms with Crippen molar-refractivity contribution in [3.8, 4) is 0 Å². The highest BCUT2D eigenvalue weighted by Gasteiger charge is 2.52. The Morgan fingerprint density at radius 1 is 1.02 bits per heavy atom. The van der Waals surface area contributed by atoms with Crippen LogP contribution in [0.2, 0.25) is 0 Å². The van der Waals surface area contributed by atoms with Crippen LogP contribution in [-0.4, -0.2) is 59.3 Å². The zero-order valence-corrected chi connectivity index (χ0v) is 23.0. The van der Waals surface area contributed by atoms with Crippen LogP contribution in [-0.2, 0) is 45.4 Å². The van der Waals surface area contributed by atoms with Crippen LogP contribution in [0.5, 0.6) is 0 Å². The minimum absolute atomic E-state index is 0.115. The summed E-state index contributed by atoms with van der Waals surface area (Å²) in [5, 5.41) is 13.6. The van der Waals surface area contributed by atoms with Crippen molar-refractivity contribution >= 4 is 29.7 Å². The molecular weight excluding hydrogens is 526 g/mol. The van der Waals surface area contributed by atoms with Crippen LogP contribution in [0.3, 0.4) is 0 Å². The zero-order valence-electron chi connectivity index (χ0n) is 23.0. The lowest BCUT2D eigenvalue weighted by Crippen LogP contribution is -2.50. The first kappa shape index (κ1) is 31.7. The first-order chi connectivity index (χ1) is 18.8. The van der Waals surface area contributed by atoms with Gasteiger partial charge in [-0.05, 0) is 52.2 Å². The molecular formula is C27H33N3O10. The third-order valence-electron chi connectivity index (χ3n) is 5.57. The molecule has 0 spiro atoms. The van der Waals surface area contributed by atoms with E-state index >= 15 is 0 Å². The van der Waals surface area contributed by atoms with Gasteiger partial charge in [0.15, 0.2) is 0 Å². The Bertz CT molecular complexity index is 1200. The summed E-state index contributed by atoms with van der Waals surface area (Å²) >= 11 is 0. The van der Waals surface area contributed by atoms with Gasteiger partial charge in [0.05, 0.1) is 24.3 Å². The molecule has 2 atom stereocenters. The molecule has 13 nitrogen and oxygen atoms in total. The van der Waals surface area contributed by atoms with Crippen molar-refractivity contribution in [1.29, 1.82) is 0 Å². The molecule has 1 heterocycles. The fourth-order valence-corrected chi connectivity index (χ4v) is 3.67. The minimum Gasteiger partial charge on any atom is -0.467 e. The fourth-order valence-electron chi connectivity index (χ4n) is 3.67. The number of hydrogen-bond acceptors (Lipinski definition) is 11. The SMILES string of the molecule is CCOC(=O)C(CC[C@H](NC(=O)OC(C)(C)C)C(=O)OC)(C(=O)OCc1ccccc1)c1ccc([N+](=O)[O-])cn1. The molecule has 1 aromatic carbocycles. The summed E-state index contributed by atoms with van der Waals surface area (Å²) < 4.78 is 20.8. The van der Waals surface area contributed by atoms with E-state index in [4.69, 9.17) is 18.9 Å². The number of aromatic nitrogens is 1. The number of ether oxygens (including phenoxy) is 4. The van der Waals surface area contributed by atoms with Gasteiger partial charge in [0.25, 0.3) is 5.69 Å². The standard InChI is InChI=1S/C27H33N3O10/c1-6-38-23(32)27(21-13-12-19(16-28-21)30(35)36,24(33)39-17-18-10-8-7-9-11-18)15-14-20(22(31)37-5)29-25(34)40-26(2,3)4/h7-13,16,20H,6,14-15,17H2,1-5H3,(H,29,34)/t20-,27?/m0/s1. The second-order valence-corrected chi connectivity index (χ2v) is 9.61. The zero-order chi connectivity index (χ0) is 29.9. The Hall–Kier alpha value is -4.55. The van der Waals surface area contributed by atoms with Gasteiger partial charge in [-0.25, -0.2) is 9.59 Å². The lowest BCUT2D eigenvalue weighted by atomic mass is 9.78. The molecule has 1 N–H and O–H groups in total. The summed E-state index contributed by atoms with van der Waals surface area (Å²) in [4.78, 5) is 66.7. The van der Waals surface area contributed by atoms with Crippen LogP contribution in [0.15, 0.2) is 48.7 Å². The van der Waals surface area contributed by atoms with Crippen molar-refractivity contribution in [3.63, 3.8) is 0 Å². The number of rotatable bonds is 12. The van der Waals surface area contributed by atoms with E-state index in [0.29, 0.717) is 5.56 Å². The smallest absolute Gasteiger partial charge is 0.408 e. The minimum atomic E-state index is -2.25. The Morgan fingerprint density at radius 2 is 1.68 bits per heavy atom. The number of nitrogens with one attached hydrogen (secondary N) is 1. The van der Waals surface area contributed by atoms with E-state index in [2.05, 4.69) is 10.3 Å². The number of alkyl carbamates (subject to hydrolysis) is 1. The average Bonchev–Trinajstić information content (AvgIpc) is 2.91. The maximum Gasteiger partial charge on any atom is 0.408 e. The Kier molecular flexibility index (Phi) is 11.1. The maximum absolute atomic E-state index is 13.7. The Labute approximate surface area is 231 Å². The molecule has 0 saturated carbocycles. The van der Waals surface area contributed by atoms with Gasteiger partial charge < -0.3 is 24.3 Å². The molecule has 0 aliphatic rings. The number of esters is 3. The topological polar surface area (TPSA) is 173 Å². The number of benzene rings is 1. The summed E-state index contributed by atoms with van der Waals surface area (Å²) in [5.41, 5.74) is -3.07. The molecule has 40 heavy (non-hydrogen) atoms. The van der Waals surface area contributed by atoms with E-state index < -0.39 is 52.4 Å². The van der Waals surface area contributed by atoms with Gasteiger partial charge in [0, 0.05) is 6.07 Å². The molecule has 2 aromatic rings. The van der Waals surface area contributed by atoms with E-state index in [9.17, 15) is 29.3 Å². The van der Waals surface area contributed by atoms with Crippen LogP contribution >= 0.6 is 0 Å². The lowest BCUT2D eigenvalue weighted by molar-refractivity contribution is -0.385. The molecule has 0 bridgehead atoms. The third-order valence-corrected chi connectivity index (χ3v) is 5.57. The van der Waals surface area contributed by atoms with Crippen molar-refractivity contribution in [1.82, 2.24) is 10.3 Å². The van der Waals surface area contributed by atoms with Gasteiger partial charge in [0.1, 0.15) is 24.4 Å². The summed E-state index contributed by atoms with van der Waals surface area (Å²) in [5.74, 6) is -2.97. The van der Waals surface area contributed by atoms with Crippen molar-refractivity contribution in [2.45, 2.75) is 64.2 Å². The first-order valence-corrected chi connectivity index (χ1v) is 12.4. The van der Waals surface area contributed by atoms with E-state index in [1.54, 1.807) is 51.1 Å². The number of nitro groups is 1. The molecule has 2 rings (SSSR count). The van der Waals surface area contributed by atoms with Gasteiger partial charge in [-0.15, -0.1) is 0 Å². The molecule has 216 valence electrons. The molecule has 0 aliphatic heterocycles. The molecule has 0 fully saturated rings. The summed E-state index contributed by atoms with van der Waals surface area (Å²) in [6.07, 6.45) is -0.793. The summed E-state index contributed by atoms with van der Waals surface area (Å²) in [6, 6.07) is 9.56. The van der Waals surface area contributed by atoms with Crippen LogP contribution in [0.25, 0.3) is 0 Å². The second kappa shape index (κ2) is 14.0. The molecule has 13 heteroatoms. The number of carbonyl (C=O) groups excluding carboxylic acids is 4. The molecule has 0 saturated heterocycles. The fraction of sp³-hybridized carbons (Fsp3) is 0.444. The van der Waals surface area contributed by atoms with Gasteiger partial charge >= 0.3 is 24.0 Å². The highest BCUT2D eigenvalue weighted by Crippen LogP contribution is 2.34. The molecule has 1 unspecified atom stereocenters. The average molecular weight is 560 g/mol.